The molecule has 1 heterocycles. The van der Waals surface area contributed by atoms with Crippen molar-refractivity contribution in [1.82, 2.24) is 9.80 Å². The summed E-state index contributed by atoms with van der Waals surface area (Å²) in [4.78, 5) is 43.6. The van der Waals surface area contributed by atoms with Crippen LogP contribution in [-0.2, 0) is 19.1 Å². The Kier molecular flexibility index (Phi) is 9.62. The summed E-state index contributed by atoms with van der Waals surface area (Å²) in [7, 11) is 2.16. The summed E-state index contributed by atoms with van der Waals surface area (Å²) in [6, 6.07) is 0. The van der Waals surface area contributed by atoms with Crippen LogP contribution in [0, 0.1) is 63.6 Å². The van der Waals surface area contributed by atoms with Crippen molar-refractivity contribution in [2.75, 3.05) is 39.8 Å². The van der Waals surface area contributed by atoms with Gasteiger partial charge in [0.1, 0.15) is 12.4 Å². The zero-order chi connectivity index (χ0) is 31.3. The highest BCUT2D eigenvalue weighted by Gasteiger charge is 2.65. The minimum Gasteiger partial charge on any atom is -0.462 e. The molecule has 4 saturated carbocycles. The van der Waals surface area contributed by atoms with Crippen LogP contribution in [0.5, 0.6) is 0 Å². The van der Waals surface area contributed by atoms with Crippen molar-refractivity contribution < 1.29 is 19.1 Å². The van der Waals surface area contributed by atoms with Gasteiger partial charge in [0.2, 0.25) is 0 Å². The Morgan fingerprint density at radius 1 is 0.907 bits per heavy atom. The minimum absolute atomic E-state index is 0.0532. The van der Waals surface area contributed by atoms with Gasteiger partial charge in [-0.25, -0.2) is 0 Å². The van der Waals surface area contributed by atoms with E-state index in [-0.39, 0.29) is 28.8 Å². The van der Waals surface area contributed by atoms with Gasteiger partial charge in [-0.2, -0.15) is 0 Å². The monoisotopic (exact) mass is 598 g/mol. The van der Waals surface area contributed by atoms with Crippen LogP contribution in [0.4, 0.5) is 0 Å². The van der Waals surface area contributed by atoms with Gasteiger partial charge in [0.25, 0.3) is 0 Å². The van der Waals surface area contributed by atoms with Crippen molar-refractivity contribution in [2.24, 2.45) is 63.6 Å². The zero-order valence-corrected chi connectivity index (χ0v) is 28.7. The number of ketones is 1. The van der Waals surface area contributed by atoms with Gasteiger partial charge in [0.15, 0.2) is 5.78 Å². The smallest absolute Gasteiger partial charge is 0.302 e. The van der Waals surface area contributed by atoms with Crippen LogP contribution < -0.4 is 0 Å². The Morgan fingerprint density at radius 3 is 2.16 bits per heavy atom. The number of hydrogen-bond donors (Lipinski definition) is 0. The summed E-state index contributed by atoms with van der Waals surface area (Å²) in [5, 5.41) is 0. The molecule has 0 N–H and O–H groups in total. The van der Waals surface area contributed by atoms with E-state index < -0.39 is 5.41 Å². The molecule has 0 aromatic carbocycles. The molecule has 11 atom stereocenters. The van der Waals surface area contributed by atoms with Crippen molar-refractivity contribution in [1.29, 1.82) is 0 Å². The number of fused-ring (bicyclic) bond motifs is 5. The van der Waals surface area contributed by atoms with Crippen molar-refractivity contribution >= 4 is 18.0 Å². The number of nitrogens with zero attached hydrogens (tertiary/aromatic N) is 2. The predicted molar refractivity (Wildman–Crippen MR) is 171 cm³/mol. The maximum absolute atomic E-state index is 14.6. The van der Waals surface area contributed by atoms with E-state index in [2.05, 4.69) is 58.4 Å². The van der Waals surface area contributed by atoms with E-state index in [0.717, 1.165) is 58.1 Å². The van der Waals surface area contributed by atoms with Gasteiger partial charge >= 0.3 is 5.97 Å². The van der Waals surface area contributed by atoms with E-state index in [9.17, 15) is 14.4 Å². The molecule has 244 valence electrons. The predicted octanol–water partition coefficient (Wildman–Crippen LogP) is 6.51. The molecule has 1 aliphatic heterocycles. The molecule has 5 fully saturated rings. The second-order valence-electron chi connectivity index (χ2n) is 16.8. The summed E-state index contributed by atoms with van der Waals surface area (Å²) >= 11 is 0. The quantitative estimate of drug-likeness (QED) is 0.235. The van der Waals surface area contributed by atoms with Gasteiger partial charge in [-0.1, -0.05) is 41.5 Å². The van der Waals surface area contributed by atoms with Crippen molar-refractivity contribution in [2.45, 2.75) is 112 Å². The molecule has 0 amide bonds. The van der Waals surface area contributed by atoms with E-state index >= 15 is 0 Å². The van der Waals surface area contributed by atoms with Gasteiger partial charge < -0.3 is 14.4 Å². The standard InChI is InChI=1S/C37H62N2O4/c1-24(2)25(3)34-28-9-10-32-35(6)15-13-31(43-27(5)41)26(4)29(35)11-14-36(32,7)30(28)12-16-37(34,17-22-40)33(42)23-39-20-18-38(8)19-21-39/h22,24-26,28-32,34H,9-21,23H2,1-8H3/t25?,26-,28+,29?,30?,31+,32?,34?,35+,36+,37+/m1/s1. The van der Waals surface area contributed by atoms with Crippen molar-refractivity contribution in [3.63, 3.8) is 0 Å². The molecule has 0 aromatic heterocycles. The second kappa shape index (κ2) is 12.5. The number of hydrogen-bond acceptors (Lipinski definition) is 6. The summed E-state index contributed by atoms with van der Waals surface area (Å²) in [5.41, 5.74) is -0.0103. The highest BCUT2D eigenvalue weighted by molar-refractivity contribution is 5.89. The van der Waals surface area contributed by atoms with Gasteiger partial charge in [0, 0.05) is 44.9 Å². The second-order valence-corrected chi connectivity index (χ2v) is 16.8. The van der Waals surface area contributed by atoms with Crippen LogP contribution >= 0.6 is 0 Å². The van der Waals surface area contributed by atoms with Crippen molar-refractivity contribution in [3.05, 3.63) is 0 Å². The SMILES string of the molecule is CC(=O)O[C@H]1CC[C@@]2(C)C(CC[C@@]3(C)C4CC[C@](CC=O)(C(=O)CN5CCN(C)CC5)C(C(C)C(C)C)[C@H]4CCC32)[C@H]1C. The fourth-order valence-electron chi connectivity index (χ4n) is 12.2. The number of carbonyl (C=O) groups excluding carboxylic acids is 3. The summed E-state index contributed by atoms with van der Waals surface area (Å²) in [6.45, 7) is 20.5. The van der Waals surface area contributed by atoms with Crippen LogP contribution in [-0.4, -0.2) is 73.7 Å². The normalized spacial score (nSPS) is 44.5. The minimum atomic E-state index is -0.531. The molecule has 6 heteroatoms. The summed E-state index contributed by atoms with van der Waals surface area (Å²) in [5.74, 6) is 4.10. The first-order valence-corrected chi connectivity index (χ1v) is 17.8. The molecule has 6 nitrogen and oxygen atoms in total. The Morgan fingerprint density at radius 2 is 1.53 bits per heavy atom. The van der Waals surface area contributed by atoms with Crippen LogP contribution in [0.2, 0.25) is 0 Å². The number of esters is 1. The summed E-state index contributed by atoms with van der Waals surface area (Å²) < 4.78 is 5.83. The lowest BCUT2D eigenvalue weighted by atomic mass is 9.36. The lowest BCUT2D eigenvalue weighted by molar-refractivity contribution is -0.208. The number of piperazine rings is 1. The lowest BCUT2D eigenvalue weighted by Gasteiger charge is -2.68. The molecule has 5 unspecified atom stereocenters. The highest BCUT2D eigenvalue weighted by Crippen LogP contribution is 2.71. The molecule has 0 bridgehead atoms. The van der Waals surface area contributed by atoms with Crippen LogP contribution in [0.15, 0.2) is 0 Å². The molecule has 5 aliphatic rings. The average Bonchev–Trinajstić information content (AvgIpc) is 2.95. The fraction of sp³-hybridized carbons (Fsp3) is 0.919. The fourth-order valence-corrected chi connectivity index (χ4v) is 12.2. The summed E-state index contributed by atoms with van der Waals surface area (Å²) in [6.07, 6.45) is 10.4. The van der Waals surface area contributed by atoms with Crippen LogP contribution in [0.25, 0.3) is 0 Å². The van der Waals surface area contributed by atoms with Gasteiger partial charge in [-0.05, 0) is 117 Å². The largest absolute Gasteiger partial charge is 0.462 e. The molecular weight excluding hydrogens is 536 g/mol. The average molecular weight is 599 g/mol. The van der Waals surface area contributed by atoms with Gasteiger partial charge in [-0.15, -0.1) is 0 Å². The van der Waals surface area contributed by atoms with Crippen LogP contribution in [0.3, 0.4) is 0 Å². The van der Waals surface area contributed by atoms with Crippen molar-refractivity contribution in [3.8, 4) is 0 Å². The maximum atomic E-state index is 14.6. The Labute approximate surface area is 262 Å². The highest BCUT2D eigenvalue weighted by atomic mass is 16.5. The molecular formula is C37H62N2O4. The molecule has 1 saturated heterocycles. The van der Waals surface area contributed by atoms with Crippen LogP contribution in [0.1, 0.15) is 106 Å². The topological polar surface area (TPSA) is 66.9 Å². The molecule has 5 rings (SSSR count). The van der Waals surface area contributed by atoms with Gasteiger partial charge in [-0.3, -0.25) is 14.5 Å². The third kappa shape index (κ3) is 5.68. The maximum Gasteiger partial charge on any atom is 0.302 e. The number of carbonyl (C=O) groups is 3. The first-order chi connectivity index (χ1) is 20.3. The zero-order valence-electron chi connectivity index (χ0n) is 28.7. The first kappa shape index (κ1) is 33.1. The first-order valence-electron chi connectivity index (χ1n) is 17.8. The molecule has 0 radical (unpaired) electrons. The number of likely N-dealkylation sites (N-methyl/N-ethyl adjacent to an activating group) is 1. The third-order valence-electron chi connectivity index (χ3n) is 14.7. The molecule has 4 aliphatic carbocycles. The number of rotatable bonds is 8. The Hall–Kier alpha value is -1.27. The number of ether oxygens (including phenoxy) is 1. The molecule has 0 aromatic rings. The van der Waals surface area contributed by atoms with E-state index in [1.54, 1.807) is 6.92 Å². The van der Waals surface area contributed by atoms with E-state index in [1.807, 2.05) is 0 Å². The van der Waals surface area contributed by atoms with E-state index in [1.165, 1.54) is 25.7 Å². The number of aldehydes is 1. The van der Waals surface area contributed by atoms with Gasteiger partial charge in [0.05, 0.1) is 6.54 Å². The Balaban J connectivity index is 1.44. The number of Topliss-reactive ketones (excluding diaryl/α,β-unsaturated/α-hetero) is 1. The molecule has 43 heavy (non-hydrogen) atoms. The molecule has 0 spiro atoms. The van der Waals surface area contributed by atoms with E-state index in [4.69, 9.17) is 4.74 Å². The Bertz CT molecular complexity index is 1040. The third-order valence-corrected chi connectivity index (χ3v) is 14.7. The lowest BCUT2D eigenvalue weighted by Crippen LogP contribution is -2.63. The van der Waals surface area contributed by atoms with E-state index in [0.29, 0.717) is 60.2 Å².